The van der Waals surface area contributed by atoms with E-state index in [1.165, 1.54) is 4.90 Å². The van der Waals surface area contributed by atoms with E-state index >= 15 is 0 Å². The molecule has 0 spiro atoms. The molecule has 1 atom stereocenters. The van der Waals surface area contributed by atoms with Gasteiger partial charge in [-0.3, -0.25) is 19.5 Å². The molecular formula is C28H28N2O3. The van der Waals surface area contributed by atoms with Gasteiger partial charge >= 0.3 is 0 Å². The van der Waals surface area contributed by atoms with Crippen molar-refractivity contribution in [3.63, 3.8) is 0 Å². The molecule has 0 aliphatic carbocycles. The van der Waals surface area contributed by atoms with Gasteiger partial charge < -0.3 is 5.11 Å². The smallest absolute Gasteiger partial charge is 0.300 e. The zero-order valence-electron chi connectivity index (χ0n) is 19.4. The third-order valence-corrected chi connectivity index (χ3v) is 6.11. The molecule has 1 N–H and O–H groups in total. The molecule has 1 aliphatic heterocycles. The Balaban J connectivity index is 1.89. The van der Waals surface area contributed by atoms with E-state index in [2.05, 4.69) is 32.7 Å². The average molecular weight is 441 g/mol. The number of ketones is 1. The van der Waals surface area contributed by atoms with Crippen LogP contribution in [-0.4, -0.2) is 21.8 Å². The summed E-state index contributed by atoms with van der Waals surface area (Å²) >= 11 is 0. The van der Waals surface area contributed by atoms with Crippen molar-refractivity contribution in [2.75, 3.05) is 4.90 Å². The first-order valence-electron chi connectivity index (χ1n) is 11.1. The highest BCUT2D eigenvalue weighted by molar-refractivity contribution is 6.51. The molecule has 1 amide bonds. The van der Waals surface area contributed by atoms with E-state index in [1.807, 2.05) is 48.5 Å². The molecule has 0 bridgehead atoms. The minimum Gasteiger partial charge on any atom is -0.507 e. The number of aromatic nitrogens is 1. The van der Waals surface area contributed by atoms with Gasteiger partial charge in [-0.1, -0.05) is 64.1 Å². The molecule has 1 saturated heterocycles. The van der Waals surface area contributed by atoms with Crippen LogP contribution in [0.2, 0.25) is 0 Å². The van der Waals surface area contributed by atoms with Crippen molar-refractivity contribution < 1.29 is 14.7 Å². The Kier molecular flexibility index (Phi) is 5.90. The summed E-state index contributed by atoms with van der Waals surface area (Å²) in [6.07, 6.45) is 3.97. The topological polar surface area (TPSA) is 70.5 Å². The summed E-state index contributed by atoms with van der Waals surface area (Å²) in [5.74, 6) is -1.55. The summed E-state index contributed by atoms with van der Waals surface area (Å²) < 4.78 is 0. The molecule has 33 heavy (non-hydrogen) atoms. The summed E-state index contributed by atoms with van der Waals surface area (Å²) in [5.41, 5.74) is 4.15. The second kappa shape index (κ2) is 8.66. The molecule has 2 aromatic carbocycles. The van der Waals surface area contributed by atoms with Crippen LogP contribution in [0.5, 0.6) is 0 Å². The Bertz CT molecular complexity index is 1200. The predicted molar refractivity (Wildman–Crippen MR) is 130 cm³/mol. The van der Waals surface area contributed by atoms with Crippen molar-refractivity contribution >= 4 is 23.1 Å². The van der Waals surface area contributed by atoms with Crippen molar-refractivity contribution in [3.05, 3.63) is 101 Å². The lowest BCUT2D eigenvalue weighted by Gasteiger charge is -2.27. The Morgan fingerprint density at radius 3 is 2.09 bits per heavy atom. The normalized spacial score (nSPS) is 18.1. The first-order chi connectivity index (χ1) is 15.7. The van der Waals surface area contributed by atoms with Crippen LogP contribution in [0.15, 0.2) is 78.6 Å². The van der Waals surface area contributed by atoms with Crippen LogP contribution in [0, 0.1) is 0 Å². The van der Waals surface area contributed by atoms with Gasteiger partial charge in [0.15, 0.2) is 0 Å². The molecule has 1 unspecified atom stereocenters. The van der Waals surface area contributed by atoms with Crippen molar-refractivity contribution in [2.24, 2.45) is 0 Å². The molecule has 1 fully saturated rings. The van der Waals surface area contributed by atoms with Gasteiger partial charge in [-0.25, -0.2) is 0 Å². The summed E-state index contributed by atoms with van der Waals surface area (Å²) in [6.45, 7) is 8.44. The first-order valence-corrected chi connectivity index (χ1v) is 11.1. The number of amides is 1. The molecule has 3 aromatic rings. The highest BCUT2D eigenvalue weighted by Gasteiger charge is 2.47. The highest BCUT2D eigenvalue weighted by Crippen LogP contribution is 2.42. The summed E-state index contributed by atoms with van der Waals surface area (Å²) in [6, 6.07) is 18.0. The van der Waals surface area contributed by atoms with Crippen LogP contribution in [0.1, 0.15) is 56.0 Å². The van der Waals surface area contributed by atoms with Gasteiger partial charge in [-0.05, 0) is 52.8 Å². The maximum atomic E-state index is 13.3. The monoisotopic (exact) mass is 440 g/mol. The van der Waals surface area contributed by atoms with Crippen LogP contribution >= 0.6 is 0 Å². The van der Waals surface area contributed by atoms with E-state index in [-0.39, 0.29) is 16.7 Å². The van der Waals surface area contributed by atoms with Gasteiger partial charge in [0.25, 0.3) is 11.7 Å². The van der Waals surface area contributed by atoms with E-state index in [0.717, 1.165) is 23.1 Å². The lowest BCUT2D eigenvalue weighted by Crippen LogP contribution is -2.29. The van der Waals surface area contributed by atoms with Crippen LogP contribution in [0.3, 0.4) is 0 Å². The van der Waals surface area contributed by atoms with Gasteiger partial charge in [0.05, 0.1) is 11.6 Å². The van der Waals surface area contributed by atoms with E-state index in [4.69, 9.17) is 0 Å². The molecule has 4 rings (SSSR count). The molecule has 1 aromatic heterocycles. The fourth-order valence-electron chi connectivity index (χ4n) is 4.14. The Morgan fingerprint density at radius 2 is 1.55 bits per heavy atom. The molecule has 0 radical (unpaired) electrons. The number of Topliss-reactive ketones (excluding diaryl/α,β-unsaturated/α-hetero) is 1. The lowest BCUT2D eigenvalue weighted by atomic mass is 9.87. The van der Waals surface area contributed by atoms with Gasteiger partial charge in [0.1, 0.15) is 5.76 Å². The number of rotatable bonds is 4. The van der Waals surface area contributed by atoms with E-state index < -0.39 is 17.7 Å². The minimum atomic E-state index is -0.732. The van der Waals surface area contributed by atoms with Gasteiger partial charge in [0, 0.05) is 23.6 Å². The van der Waals surface area contributed by atoms with Crippen LogP contribution in [0.4, 0.5) is 5.69 Å². The molecule has 168 valence electrons. The molecule has 2 heterocycles. The van der Waals surface area contributed by atoms with Crippen molar-refractivity contribution in [1.82, 2.24) is 4.98 Å². The summed E-state index contributed by atoms with van der Waals surface area (Å²) in [4.78, 5) is 31.9. The number of aliphatic hydroxyl groups is 1. The summed E-state index contributed by atoms with van der Waals surface area (Å²) in [5, 5.41) is 11.1. The second-order valence-electron chi connectivity index (χ2n) is 9.30. The maximum absolute atomic E-state index is 13.3. The van der Waals surface area contributed by atoms with Crippen molar-refractivity contribution in [1.29, 1.82) is 0 Å². The van der Waals surface area contributed by atoms with Crippen LogP contribution in [0.25, 0.3) is 5.76 Å². The van der Waals surface area contributed by atoms with Gasteiger partial charge in [0.2, 0.25) is 0 Å². The number of carbonyl (C=O) groups excluding carboxylic acids is 2. The van der Waals surface area contributed by atoms with Crippen LogP contribution < -0.4 is 4.90 Å². The highest BCUT2D eigenvalue weighted by atomic mass is 16.3. The number of hydrogen-bond donors (Lipinski definition) is 1. The minimum absolute atomic E-state index is 0.0383. The van der Waals surface area contributed by atoms with Gasteiger partial charge in [-0.2, -0.15) is 0 Å². The molecule has 0 saturated carbocycles. The number of benzene rings is 2. The zero-order chi connectivity index (χ0) is 23.8. The van der Waals surface area contributed by atoms with Crippen molar-refractivity contribution in [3.8, 4) is 0 Å². The number of hydrogen-bond acceptors (Lipinski definition) is 4. The van der Waals surface area contributed by atoms with E-state index in [0.29, 0.717) is 11.3 Å². The first kappa shape index (κ1) is 22.5. The van der Waals surface area contributed by atoms with Crippen LogP contribution in [-0.2, 0) is 21.4 Å². The molecule has 5 heteroatoms. The third kappa shape index (κ3) is 4.19. The van der Waals surface area contributed by atoms with Crippen molar-refractivity contribution in [2.45, 2.75) is 45.6 Å². The average Bonchev–Trinajstić information content (AvgIpc) is 3.09. The second-order valence-corrected chi connectivity index (χ2v) is 9.30. The standard InChI is InChI=1S/C28H28N2O3/c1-5-18-6-8-19(9-7-18)24-23(25(31)20-14-16-29-17-15-20)26(32)27(33)30(24)22-12-10-21(11-13-22)28(2,3)4/h6-17,24,31H,5H2,1-4H3/b25-23+. The number of anilines is 1. The molecule has 5 nitrogen and oxygen atoms in total. The summed E-state index contributed by atoms with van der Waals surface area (Å²) in [7, 11) is 0. The fourth-order valence-corrected chi connectivity index (χ4v) is 4.14. The third-order valence-electron chi connectivity index (χ3n) is 6.11. The SMILES string of the molecule is CCc1ccc(C2/C(=C(\O)c3ccncc3)C(=O)C(=O)N2c2ccc(C(C)(C)C)cc2)cc1. The number of aliphatic hydroxyl groups excluding tert-OH is 1. The van der Waals surface area contributed by atoms with E-state index in [1.54, 1.807) is 24.5 Å². The molecule has 1 aliphatic rings. The zero-order valence-corrected chi connectivity index (χ0v) is 19.4. The largest absolute Gasteiger partial charge is 0.507 e. The Hall–Kier alpha value is -3.73. The molecular weight excluding hydrogens is 412 g/mol. The fraction of sp³-hybridized carbons (Fsp3) is 0.250. The van der Waals surface area contributed by atoms with Gasteiger partial charge in [-0.15, -0.1) is 0 Å². The Labute approximate surface area is 194 Å². The predicted octanol–water partition coefficient (Wildman–Crippen LogP) is 5.57. The maximum Gasteiger partial charge on any atom is 0.300 e. The lowest BCUT2D eigenvalue weighted by molar-refractivity contribution is -0.132. The van der Waals surface area contributed by atoms with E-state index in [9.17, 15) is 14.7 Å². The Morgan fingerprint density at radius 1 is 0.939 bits per heavy atom. The number of nitrogens with zero attached hydrogens (tertiary/aromatic N) is 2. The number of pyridine rings is 1. The number of carbonyl (C=O) groups is 2. The quantitative estimate of drug-likeness (QED) is 0.327. The number of aryl methyl sites for hydroxylation is 1.